The Bertz CT molecular complexity index is 460. The van der Waals surface area contributed by atoms with Crippen molar-refractivity contribution in [3.05, 3.63) is 12.3 Å². The predicted octanol–water partition coefficient (Wildman–Crippen LogP) is 3.14. The first-order valence-corrected chi connectivity index (χ1v) is 10.6. The lowest BCUT2D eigenvalue weighted by Crippen LogP contribution is -2.41. The molecule has 160 valence electrons. The Labute approximate surface area is 171 Å². The molecular formula is C21H40N6O. The van der Waals surface area contributed by atoms with Crippen molar-refractivity contribution in [1.82, 2.24) is 15.3 Å². The number of hydrazine groups is 1. The Morgan fingerprint density at radius 1 is 1.21 bits per heavy atom. The number of allylic oxidation sites excluding steroid dienone is 1. The van der Waals surface area contributed by atoms with Gasteiger partial charge in [0.2, 0.25) is 0 Å². The van der Waals surface area contributed by atoms with Gasteiger partial charge in [0.1, 0.15) is 6.17 Å². The quantitative estimate of drug-likeness (QED) is 0.249. The molecule has 0 spiro atoms. The van der Waals surface area contributed by atoms with Crippen molar-refractivity contribution in [1.29, 1.82) is 0 Å². The van der Waals surface area contributed by atoms with Crippen LogP contribution in [0.4, 0.5) is 0 Å². The molecule has 1 aliphatic heterocycles. The molecule has 0 aromatic rings. The molecule has 1 saturated heterocycles. The third kappa shape index (κ3) is 11.4. The zero-order valence-electron chi connectivity index (χ0n) is 17.9. The average molecular weight is 393 g/mol. The van der Waals surface area contributed by atoms with E-state index in [4.69, 9.17) is 4.74 Å². The summed E-state index contributed by atoms with van der Waals surface area (Å²) in [5.74, 6) is 0. The number of nitrogens with one attached hydrogen (secondary N) is 1. The fourth-order valence-electron chi connectivity index (χ4n) is 3.26. The minimum Gasteiger partial charge on any atom is -0.378 e. The van der Waals surface area contributed by atoms with Gasteiger partial charge in [-0.15, -0.1) is 0 Å². The largest absolute Gasteiger partial charge is 0.378 e. The van der Waals surface area contributed by atoms with E-state index in [1.54, 1.807) is 18.5 Å². The van der Waals surface area contributed by atoms with Crippen molar-refractivity contribution >= 4 is 19.6 Å². The van der Waals surface area contributed by atoms with Gasteiger partial charge in [-0.2, -0.15) is 0 Å². The Morgan fingerprint density at radius 2 is 1.96 bits per heavy atom. The molecule has 0 saturated carbocycles. The predicted molar refractivity (Wildman–Crippen MR) is 120 cm³/mol. The summed E-state index contributed by atoms with van der Waals surface area (Å²) in [5.41, 5.74) is 3.40. The normalized spacial score (nSPS) is 17.7. The molecule has 1 rings (SSSR count). The van der Waals surface area contributed by atoms with E-state index in [9.17, 15) is 0 Å². The molecule has 28 heavy (non-hydrogen) atoms. The lowest BCUT2D eigenvalue weighted by atomic mass is 10.1. The van der Waals surface area contributed by atoms with Gasteiger partial charge in [-0.25, -0.2) is 5.01 Å². The number of rotatable bonds is 16. The van der Waals surface area contributed by atoms with Crippen molar-refractivity contribution in [2.45, 2.75) is 64.1 Å². The van der Waals surface area contributed by atoms with Crippen LogP contribution in [0.3, 0.4) is 0 Å². The molecule has 1 atom stereocenters. The van der Waals surface area contributed by atoms with Gasteiger partial charge in [-0.05, 0) is 51.6 Å². The van der Waals surface area contributed by atoms with Gasteiger partial charge in [0.25, 0.3) is 0 Å². The van der Waals surface area contributed by atoms with Gasteiger partial charge in [0.15, 0.2) is 0 Å². The molecule has 1 unspecified atom stereocenters. The minimum atomic E-state index is 0.165. The van der Waals surface area contributed by atoms with E-state index in [0.717, 1.165) is 58.6 Å². The molecule has 1 heterocycles. The second kappa shape index (κ2) is 16.5. The molecular weight excluding hydrogens is 352 g/mol. The smallest absolute Gasteiger partial charge is 0.113 e. The second-order valence-electron chi connectivity index (χ2n) is 7.19. The number of piperidine rings is 1. The Kier molecular flexibility index (Phi) is 14.5. The summed E-state index contributed by atoms with van der Waals surface area (Å²) < 4.78 is 6.06. The second-order valence-corrected chi connectivity index (χ2v) is 7.19. The van der Waals surface area contributed by atoms with Crippen LogP contribution in [0.15, 0.2) is 27.3 Å². The van der Waals surface area contributed by atoms with Crippen LogP contribution in [-0.2, 0) is 4.74 Å². The van der Waals surface area contributed by atoms with Gasteiger partial charge in [-0.1, -0.05) is 19.8 Å². The van der Waals surface area contributed by atoms with Gasteiger partial charge in [0, 0.05) is 45.7 Å². The van der Waals surface area contributed by atoms with Crippen molar-refractivity contribution in [3.63, 3.8) is 0 Å². The molecule has 0 aromatic heterocycles. The van der Waals surface area contributed by atoms with Crippen LogP contribution in [-0.4, -0.2) is 81.8 Å². The van der Waals surface area contributed by atoms with Crippen molar-refractivity contribution < 1.29 is 4.74 Å². The van der Waals surface area contributed by atoms with Crippen molar-refractivity contribution in [2.75, 3.05) is 40.0 Å². The molecule has 0 aromatic carbocycles. The molecule has 1 N–H and O–H groups in total. The maximum Gasteiger partial charge on any atom is 0.113 e. The number of hydrogen-bond acceptors (Lipinski definition) is 7. The van der Waals surface area contributed by atoms with Gasteiger partial charge < -0.3 is 4.74 Å². The van der Waals surface area contributed by atoms with Crippen LogP contribution in [0.25, 0.3) is 0 Å². The van der Waals surface area contributed by atoms with Gasteiger partial charge in [0.05, 0.1) is 12.8 Å². The highest BCUT2D eigenvalue weighted by Crippen LogP contribution is 2.14. The highest BCUT2D eigenvalue weighted by Gasteiger charge is 2.18. The summed E-state index contributed by atoms with van der Waals surface area (Å²) in [7, 11) is 2.03. The molecule has 1 fully saturated rings. The number of hydrogen-bond donors (Lipinski definition) is 1. The molecule has 0 amide bonds. The Hall–Kier alpha value is -1.41. The Balaban J connectivity index is 1.95. The minimum absolute atomic E-state index is 0.165. The maximum absolute atomic E-state index is 6.06. The van der Waals surface area contributed by atoms with E-state index in [1.165, 1.54) is 19.3 Å². The van der Waals surface area contributed by atoms with Crippen molar-refractivity contribution in [2.24, 2.45) is 15.0 Å². The lowest BCUT2D eigenvalue weighted by Gasteiger charge is -2.30. The number of likely N-dealkylation sites (tertiary alicyclic amines) is 1. The van der Waals surface area contributed by atoms with Gasteiger partial charge in [-0.3, -0.25) is 25.3 Å². The van der Waals surface area contributed by atoms with Crippen molar-refractivity contribution in [3.8, 4) is 0 Å². The summed E-state index contributed by atoms with van der Waals surface area (Å²) in [4.78, 5) is 14.5. The molecule has 1 aliphatic rings. The van der Waals surface area contributed by atoms with Gasteiger partial charge >= 0.3 is 0 Å². The standard InChI is InChI=1S/C21H40N6O/c1-5-21(23-3)26(4)25-15-8-6-7-9-18-28-20-11-16-27(17-12-20)19-24-14-10-13-22-2/h10,13-14,20-21,25H,2-3,5-9,11-12,15-19H2,1,4H3/b13-10-,24-14-. The number of ether oxygens (including phenoxy) is 1. The monoisotopic (exact) mass is 392 g/mol. The van der Waals surface area contributed by atoms with E-state index in [1.807, 2.05) is 7.05 Å². The third-order valence-corrected chi connectivity index (χ3v) is 5.01. The summed E-state index contributed by atoms with van der Waals surface area (Å²) >= 11 is 0. The summed E-state index contributed by atoms with van der Waals surface area (Å²) in [6.45, 7) is 13.9. The molecule has 0 radical (unpaired) electrons. The number of unbranched alkanes of at least 4 members (excludes halogenated alkanes) is 3. The Morgan fingerprint density at radius 3 is 2.64 bits per heavy atom. The molecule has 0 bridgehead atoms. The van der Waals surface area contributed by atoms with Crippen LogP contribution in [0.5, 0.6) is 0 Å². The van der Waals surface area contributed by atoms with Crippen LogP contribution in [0.1, 0.15) is 51.9 Å². The first-order chi connectivity index (χ1) is 13.7. The first-order valence-electron chi connectivity index (χ1n) is 10.6. The number of aliphatic imine (C=N–C) groups is 3. The maximum atomic E-state index is 6.06. The van der Waals surface area contributed by atoms with Crippen LogP contribution in [0.2, 0.25) is 0 Å². The third-order valence-electron chi connectivity index (χ3n) is 5.01. The average Bonchev–Trinajstić information content (AvgIpc) is 2.71. The van der Waals surface area contributed by atoms with E-state index >= 15 is 0 Å². The molecule has 7 heteroatoms. The SMILES string of the molecule is C=N/C=C\C=N/CN1CCC(OCCCCCCNN(C)C(CC)N=C)CC1. The van der Waals surface area contributed by atoms with E-state index < -0.39 is 0 Å². The fourth-order valence-corrected chi connectivity index (χ4v) is 3.26. The zero-order valence-corrected chi connectivity index (χ0v) is 17.9. The first kappa shape index (κ1) is 24.6. The lowest BCUT2D eigenvalue weighted by molar-refractivity contribution is 0.00651. The van der Waals surface area contributed by atoms with Crippen LogP contribution in [0, 0.1) is 0 Å². The van der Waals surface area contributed by atoms with E-state index in [-0.39, 0.29) is 6.17 Å². The zero-order chi connectivity index (χ0) is 20.5. The van der Waals surface area contributed by atoms with Crippen LogP contribution < -0.4 is 5.43 Å². The summed E-state index contributed by atoms with van der Waals surface area (Å²) in [6.07, 6.45) is 13.8. The number of nitrogens with zero attached hydrogens (tertiary/aromatic N) is 5. The highest BCUT2D eigenvalue weighted by molar-refractivity contribution is 5.70. The fraction of sp³-hybridized carbons (Fsp3) is 0.762. The summed E-state index contributed by atoms with van der Waals surface area (Å²) in [6, 6.07) is 0. The van der Waals surface area contributed by atoms with E-state index in [0.29, 0.717) is 6.10 Å². The summed E-state index contributed by atoms with van der Waals surface area (Å²) in [5, 5.41) is 2.06. The highest BCUT2D eigenvalue weighted by atomic mass is 16.5. The van der Waals surface area contributed by atoms with E-state index in [2.05, 4.69) is 50.7 Å². The topological polar surface area (TPSA) is 64.8 Å². The molecule has 7 nitrogen and oxygen atoms in total. The van der Waals surface area contributed by atoms with Crippen LogP contribution >= 0.6 is 0 Å². The molecule has 0 aliphatic carbocycles.